The molecule has 0 spiro atoms. The summed E-state index contributed by atoms with van der Waals surface area (Å²) in [7, 11) is 0. The van der Waals surface area contributed by atoms with Gasteiger partial charge in [0.1, 0.15) is 11.9 Å². The SMILES string of the molecule is CC1(C)CCC(C)(C)c2cc3c(cc21)nc(-c1ccc(C(=O)C(O)c2ccccc2)cc1)n3Cc1ccccc1. The zero-order valence-corrected chi connectivity index (χ0v) is 23.7. The number of ketones is 1. The number of aliphatic hydroxyl groups is 1. The van der Waals surface area contributed by atoms with Crippen LogP contribution < -0.4 is 0 Å². The largest absolute Gasteiger partial charge is 0.380 e. The lowest BCUT2D eigenvalue weighted by atomic mass is 9.63. The first-order chi connectivity index (χ1) is 19.1. The van der Waals surface area contributed by atoms with Crippen LogP contribution in [0.1, 0.15) is 79.3 Å². The number of carbonyl (C=O) groups is 1. The summed E-state index contributed by atoms with van der Waals surface area (Å²) in [4.78, 5) is 18.2. The molecule has 1 unspecified atom stereocenters. The van der Waals surface area contributed by atoms with Crippen molar-refractivity contribution in [3.8, 4) is 11.4 Å². The first-order valence-electron chi connectivity index (χ1n) is 14.1. The van der Waals surface area contributed by atoms with Crippen LogP contribution in [0.3, 0.4) is 0 Å². The number of aromatic nitrogens is 2. The van der Waals surface area contributed by atoms with E-state index >= 15 is 0 Å². The highest BCUT2D eigenvalue weighted by Crippen LogP contribution is 2.47. The Morgan fingerprint density at radius 1 is 0.825 bits per heavy atom. The molecular formula is C36H36N2O2. The monoisotopic (exact) mass is 528 g/mol. The Balaban J connectivity index is 1.45. The second-order valence-corrected chi connectivity index (χ2v) is 12.4. The molecule has 4 nitrogen and oxygen atoms in total. The number of rotatable bonds is 6. The summed E-state index contributed by atoms with van der Waals surface area (Å²) in [6.07, 6.45) is 1.12. The smallest absolute Gasteiger partial charge is 0.195 e. The standard InChI is InChI=1S/C36H36N2O2/c1-35(2)19-20-36(3,4)29-22-31-30(21-28(29)35)37-34(38(31)23-24-11-7-5-8-12-24)27-17-15-26(16-18-27)33(40)32(39)25-13-9-6-10-14-25/h5-18,21-22,32,39H,19-20,23H2,1-4H3. The lowest BCUT2D eigenvalue weighted by Crippen LogP contribution is -2.33. The van der Waals surface area contributed by atoms with Gasteiger partial charge in [0.15, 0.2) is 5.78 Å². The maximum Gasteiger partial charge on any atom is 0.195 e. The molecule has 6 rings (SSSR count). The van der Waals surface area contributed by atoms with Crippen LogP contribution >= 0.6 is 0 Å². The van der Waals surface area contributed by atoms with Crippen LogP contribution in [-0.2, 0) is 17.4 Å². The molecule has 4 heteroatoms. The summed E-state index contributed by atoms with van der Waals surface area (Å²) >= 11 is 0. The Kier molecular flexibility index (Phi) is 6.47. The minimum absolute atomic E-state index is 0.0999. The van der Waals surface area contributed by atoms with E-state index in [0.717, 1.165) is 35.3 Å². The minimum Gasteiger partial charge on any atom is -0.380 e. The third kappa shape index (κ3) is 4.67. The lowest BCUT2D eigenvalue weighted by Gasteiger charge is -2.41. The predicted molar refractivity (Wildman–Crippen MR) is 162 cm³/mol. The van der Waals surface area contributed by atoms with Gasteiger partial charge in [-0.1, -0.05) is 113 Å². The molecule has 1 atom stereocenters. The lowest BCUT2D eigenvalue weighted by molar-refractivity contribution is 0.0747. The van der Waals surface area contributed by atoms with Gasteiger partial charge in [-0.3, -0.25) is 4.79 Å². The number of Topliss-reactive ketones (excluding diaryl/α,β-unsaturated/α-hetero) is 1. The number of carbonyl (C=O) groups excluding carboxylic acids is 1. The van der Waals surface area contributed by atoms with E-state index in [9.17, 15) is 9.90 Å². The van der Waals surface area contributed by atoms with Gasteiger partial charge in [0, 0.05) is 17.7 Å². The van der Waals surface area contributed by atoms with Crippen LogP contribution in [0.25, 0.3) is 22.4 Å². The summed E-state index contributed by atoms with van der Waals surface area (Å²) in [6.45, 7) is 10.1. The summed E-state index contributed by atoms with van der Waals surface area (Å²) < 4.78 is 2.30. The van der Waals surface area contributed by atoms with Crippen molar-refractivity contribution in [2.45, 2.75) is 64.0 Å². The fraction of sp³-hybridized carbons (Fsp3) is 0.278. The quantitative estimate of drug-likeness (QED) is 0.227. The van der Waals surface area contributed by atoms with Crippen molar-refractivity contribution in [1.82, 2.24) is 9.55 Å². The molecule has 0 bridgehead atoms. The molecule has 0 amide bonds. The Morgan fingerprint density at radius 2 is 1.40 bits per heavy atom. The Labute approximate surface area is 236 Å². The number of imidazole rings is 1. The molecule has 0 saturated carbocycles. The fourth-order valence-electron chi connectivity index (χ4n) is 6.06. The molecule has 0 fully saturated rings. The predicted octanol–water partition coefficient (Wildman–Crippen LogP) is 8.02. The molecule has 1 aliphatic carbocycles. The Bertz CT molecular complexity index is 1680. The highest BCUT2D eigenvalue weighted by molar-refractivity contribution is 6.00. The van der Waals surface area contributed by atoms with Gasteiger partial charge < -0.3 is 9.67 Å². The van der Waals surface area contributed by atoms with Crippen LogP contribution in [0.5, 0.6) is 0 Å². The van der Waals surface area contributed by atoms with Crippen molar-refractivity contribution < 1.29 is 9.90 Å². The first kappa shape index (κ1) is 26.2. The fourth-order valence-corrected chi connectivity index (χ4v) is 6.06. The maximum absolute atomic E-state index is 13.0. The summed E-state index contributed by atoms with van der Waals surface area (Å²) in [6, 6.07) is 31.7. The first-order valence-corrected chi connectivity index (χ1v) is 14.1. The molecule has 1 N–H and O–H groups in total. The summed E-state index contributed by atoms with van der Waals surface area (Å²) in [5, 5.41) is 10.7. The van der Waals surface area contributed by atoms with Gasteiger partial charge in [0.25, 0.3) is 0 Å². The van der Waals surface area contributed by atoms with E-state index in [2.05, 4.69) is 68.7 Å². The van der Waals surface area contributed by atoms with Gasteiger partial charge in [-0.15, -0.1) is 0 Å². The van der Waals surface area contributed by atoms with Gasteiger partial charge in [0.2, 0.25) is 0 Å². The second-order valence-electron chi connectivity index (χ2n) is 12.4. The number of fused-ring (bicyclic) bond motifs is 2. The molecule has 0 aliphatic heterocycles. The third-order valence-corrected chi connectivity index (χ3v) is 8.70. The molecular weight excluding hydrogens is 492 g/mol. The van der Waals surface area contributed by atoms with E-state index in [1.165, 1.54) is 16.7 Å². The number of benzene rings is 4. The molecule has 0 saturated heterocycles. The van der Waals surface area contributed by atoms with Gasteiger partial charge in [-0.25, -0.2) is 4.98 Å². The molecule has 4 aromatic carbocycles. The third-order valence-electron chi connectivity index (χ3n) is 8.70. The van der Waals surface area contributed by atoms with Crippen LogP contribution in [-0.4, -0.2) is 20.4 Å². The van der Waals surface area contributed by atoms with E-state index in [4.69, 9.17) is 4.98 Å². The molecule has 40 heavy (non-hydrogen) atoms. The van der Waals surface area contributed by atoms with Gasteiger partial charge >= 0.3 is 0 Å². The molecule has 1 heterocycles. The Morgan fingerprint density at radius 3 is 2.02 bits per heavy atom. The van der Waals surface area contributed by atoms with Crippen LogP contribution in [0.15, 0.2) is 97.1 Å². The average molecular weight is 529 g/mol. The van der Waals surface area contributed by atoms with Gasteiger partial charge in [-0.05, 0) is 58.1 Å². The van der Waals surface area contributed by atoms with Crippen molar-refractivity contribution in [3.63, 3.8) is 0 Å². The van der Waals surface area contributed by atoms with E-state index in [1.807, 2.05) is 36.4 Å². The van der Waals surface area contributed by atoms with Crippen molar-refractivity contribution >= 4 is 16.8 Å². The molecule has 5 aromatic rings. The zero-order valence-electron chi connectivity index (χ0n) is 23.7. The molecule has 1 aliphatic rings. The summed E-state index contributed by atoms with van der Waals surface area (Å²) in [5.74, 6) is 0.562. The normalized spacial score (nSPS) is 16.4. The number of nitrogens with zero attached hydrogens (tertiary/aromatic N) is 2. The topological polar surface area (TPSA) is 55.1 Å². The minimum atomic E-state index is -1.19. The Hall–Kier alpha value is -4.02. The van der Waals surface area contributed by atoms with E-state index < -0.39 is 6.10 Å². The van der Waals surface area contributed by atoms with E-state index in [0.29, 0.717) is 17.7 Å². The van der Waals surface area contributed by atoms with Crippen LogP contribution in [0.2, 0.25) is 0 Å². The van der Waals surface area contributed by atoms with Crippen molar-refractivity contribution in [1.29, 1.82) is 0 Å². The van der Waals surface area contributed by atoms with Crippen molar-refractivity contribution in [2.24, 2.45) is 0 Å². The van der Waals surface area contributed by atoms with E-state index in [1.54, 1.807) is 24.3 Å². The zero-order chi connectivity index (χ0) is 28.1. The van der Waals surface area contributed by atoms with Gasteiger partial charge in [0.05, 0.1) is 11.0 Å². The highest BCUT2D eigenvalue weighted by atomic mass is 16.3. The van der Waals surface area contributed by atoms with Crippen LogP contribution in [0.4, 0.5) is 0 Å². The number of hydrogen-bond donors (Lipinski definition) is 1. The molecule has 202 valence electrons. The van der Waals surface area contributed by atoms with Crippen LogP contribution in [0, 0.1) is 0 Å². The summed E-state index contributed by atoms with van der Waals surface area (Å²) in [5.41, 5.74) is 8.34. The van der Waals surface area contributed by atoms with Crippen molar-refractivity contribution in [2.75, 3.05) is 0 Å². The molecule has 1 aromatic heterocycles. The van der Waals surface area contributed by atoms with E-state index in [-0.39, 0.29) is 16.6 Å². The second kappa shape index (κ2) is 9.87. The average Bonchev–Trinajstić information content (AvgIpc) is 3.32. The molecule has 0 radical (unpaired) electrons. The number of hydrogen-bond acceptors (Lipinski definition) is 3. The number of aliphatic hydroxyl groups excluding tert-OH is 1. The maximum atomic E-state index is 13.0. The van der Waals surface area contributed by atoms with Gasteiger partial charge in [-0.2, -0.15) is 0 Å². The van der Waals surface area contributed by atoms with Crippen molar-refractivity contribution in [3.05, 3.63) is 125 Å². The highest BCUT2D eigenvalue weighted by Gasteiger charge is 2.38.